The van der Waals surface area contributed by atoms with Crippen molar-refractivity contribution in [3.63, 3.8) is 0 Å². The molecular weight excluding hydrogens is 389 g/mol. The van der Waals surface area contributed by atoms with Crippen LogP contribution in [0.2, 0.25) is 0 Å². The van der Waals surface area contributed by atoms with Crippen LogP contribution in [0.4, 0.5) is 0 Å². The molecule has 2 aromatic rings. The van der Waals surface area contributed by atoms with Crippen LogP contribution in [0.1, 0.15) is 63.8 Å². The number of rotatable bonds is 7. The molecule has 3 nitrogen and oxygen atoms in total. The normalized spacial score (nSPS) is 12.9. The van der Waals surface area contributed by atoms with E-state index in [-0.39, 0.29) is 17.6 Å². The van der Waals surface area contributed by atoms with Gasteiger partial charge in [-0.1, -0.05) is 80.0 Å². The maximum absolute atomic E-state index is 6.20. The van der Waals surface area contributed by atoms with E-state index >= 15 is 0 Å². The first-order chi connectivity index (χ1) is 13.8. The SMILES string of the molecule is COCOc1c(Pc2ccc(C)cc2CN(C)C)cc(C(C)(C)C)cc1C(C)(C)C. The van der Waals surface area contributed by atoms with Crippen molar-refractivity contribution < 1.29 is 9.47 Å². The lowest BCUT2D eigenvalue weighted by Crippen LogP contribution is -2.24. The summed E-state index contributed by atoms with van der Waals surface area (Å²) in [6.07, 6.45) is 0. The second-order valence-corrected chi connectivity index (χ2v) is 11.8. The molecule has 2 aromatic carbocycles. The summed E-state index contributed by atoms with van der Waals surface area (Å²) in [6.45, 7) is 17.0. The Morgan fingerprint density at radius 2 is 1.57 bits per heavy atom. The monoisotopic (exact) mass is 429 g/mol. The van der Waals surface area contributed by atoms with Crippen molar-refractivity contribution in [3.05, 3.63) is 52.6 Å². The van der Waals surface area contributed by atoms with Gasteiger partial charge in [0.05, 0.1) is 0 Å². The zero-order valence-electron chi connectivity index (χ0n) is 20.6. The molecule has 0 N–H and O–H groups in total. The van der Waals surface area contributed by atoms with Crippen molar-refractivity contribution in [2.45, 2.75) is 65.8 Å². The number of hydrogen-bond donors (Lipinski definition) is 0. The van der Waals surface area contributed by atoms with Crippen molar-refractivity contribution in [1.29, 1.82) is 0 Å². The van der Waals surface area contributed by atoms with Crippen LogP contribution in [0.25, 0.3) is 0 Å². The predicted octanol–water partition coefficient (Wildman–Crippen LogP) is 5.26. The van der Waals surface area contributed by atoms with Gasteiger partial charge in [-0.25, -0.2) is 0 Å². The molecule has 0 saturated heterocycles. The van der Waals surface area contributed by atoms with Crippen LogP contribution in [0, 0.1) is 6.92 Å². The summed E-state index contributed by atoms with van der Waals surface area (Å²) in [7, 11) is 6.45. The number of aryl methyl sites for hydroxylation is 1. The fourth-order valence-corrected chi connectivity index (χ4v) is 4.76. The highest BCUT2D eigenvalue weighted by Gasteiger charge is 2.26. The number of hydrogen-bond acceptors (Lipinski definition) is 3. The highest BCUT2D eigenvalue weighted by atomic mass is 31.1. The molecule has 0 amide bonds. The van der Waals surface area contributed by atoms with E-state index in [4.69, 9.17) is 9.47 Å². The van der Waals surface area contributed by atoms with E-state index in [2.05, 4.69) is 97.8 Å². The Morgan fingerprint density at radius 3 is 2.10 bits per heavy atom. The van der Waals surface area contributed by atoms with E-state index < -0.39 is 0 Å². The molecular formula is C26H40NO2P. The van der Waals surface area contributed by atoms with Crippen LogP contribution in [0.15, 0.2) is 30.3 Å². The largest absolute Gasteiger partial charge is 0.467 e. The topological polar surface area (TPSA) is 21.7 Å². The van der Waals surface area contributed by atoms with Gasteiger partial charge in [-0.05, 0) is 54.3 Å². The number of nitrogens with zero attached hydrogens (tertiary/aromatic N) is 1. The zero-order valence-corrected chi connectivity index (χ0v) is 21.6. The molecule has 0 aliphatic carbocycles. The van der Waals surface area contributed by atoms with Gasteiger partial charge in [-0.2, -0.15) is 0 Å². The van der Waals surface area contributed by atoms with Crippen LogP contribution in [0.3, 0.4) is 0 Å². The third kappa shape index (κ3) is 6.54. The average molecular weight is 430 g/mol. The molecule has 0 heterocycles. The first kappa shape index (κ1) is 24.9. The molecule has 2 rings (SSSR count). The summed E-state index contributed by atoms with van der Waals surface area (Å²) in [5.74, 6) is 0.979. The van der Waals surface area contributed by atoms with Crippen LogP contribution in [-0.4, -0.2) is 32.9 Å². The van der Waals surface area contributed by atoms with Gasteiger partial charge in [-0.15, -0.1) is 0 Å². The minimum Gasteiger partial charge on any atom is -0.467 e. The molecule has 0 aromatic heterocycles. The molecule has 0 aliphatic rings. The van der Waals surface area contributed by atoms with Crippen LogP contribution in [-0.2, 0) is 22.1 Å². The molecule has 1 unspecified atom stereocenters. The lowest BCUT2D eigenvalue weighted by Gasteiger charge is -2.29. The standard InChI is InChI=1S/C26H40NO2P/c1-18-11-12-22(19(13-18)16-27(8)9)30-23-15-20(25(2,3)4)14-21(26(5,6)7)24(23)29-17-28-10/h11-15,30H,16-17H2,1-10H3. The molecule has 30 heavy (non-hydrogen) atoms. The van der Waals surface area contributed by atoms with Crippen LogP contribution < -0.4 is 15.3 Å². The lowest BCUT2D eigenvalue weighted by molar-refractivity contribution is 0.0506. The van der Waals surface area contributed by atoms with Gasteiger partial charge in [0.15, 0.2) is 6.79 Å². The second kappa shape index (κ2) is 9.81. The summed E-state index contributed by atoms with van der Waals surface area (Å²) in [4.78, 5) is 2.23. The number of methoxy groups -OCH3 is 1. The molecule has 0 radical (unpaired) electrons. The Bertz CT molecular complexity index is 861. The van der Waals surface area contributed by atoms with E-state index in [1.807, 2.05) is 0 Å². The molecule has 0 bridgehead atoms. The third-order valence-electron chi connectivity index (χ3n) is 5.10. The van der Waals surface area contributed by atoms with Gasteiger partial charge in [0, 0.05) is 24.5 Å². The van der Waals surface area contributed by atoms with Gasteiger partial charge >= 0.3 is 0 Å². The minimum atomic E-state index is -0.0245. The highest BCUT2D eigenvalue weighted by molar-refractivity contribution is 7.55. The molecule has 0 saturated carbocycles. The summed E-state index contributed by atoms with van der Waals surface area (Å²) in [5, 5.41) is 2.63. The van der Waals surface area contributed by atoms with Crippen molar-refractivity contribution in [2.24, 2.45) is 0 Å². The van der Waals surface area contributed by atoms with E-state index in [9.17, 15) is 0 Å². The second-order valence-electron chi connectivity index (χ2n) is 10.5. The third-order valence-corrected chi connectivity index (χ3v) is 6.50. The maximum atomic E-state index is 6.20. The number of benzene rings is 2. The van der Waals surface area contributed by atoms with Gasteiger partial charge in [0.2, 0.25) is 0 Å². The zero-order chi connectivity index (χ0) is 22.7. The molecule has 166 valence electrons. The fourth-order valence-electron chi connectivity index (χ4n) is 3.45. The Morgan fingerprint density at radius 1 is 0.900 bits per heavy atom. The van der Waals surface area contributed by atoms with Gasteiger partial charge in [0.25, 0.3) is 0 Å². The molecule has 0 spiro atoms. The van der Waals surface area contributed by atoms with Crippen molar-refractivity contribution in [3.8, 4) is 5.75 Å². The summed E-state index contributed by atoms with van der Waals surface area (Å²) in [5.41, 5.74) is 5.32. The fraction of sp³-hybridized carbons (Fsp3) is 0.538. The lowest BCUT2D eigenvalue weighted by atomic mass is 9.80. The van der Waals surface area contributed by atoms with Gasteiger partial charge in [0.1, 0.15) is 5.75 Å². The first-order valence-electron chi connectivity index (χ1n) is 10.6. The van der Waals surface area contributed by atoms with E-state index in [1.54, 1.807) is 7.11 Å². The highest BCUT2D eigenvalue weighted by Crippen LogP contribution is 2.37. The Hall–Kier alpha value is -1.41. The van der Waals surface area contributed by atoms with Gasteiger partial charge < -0.3 is 14.4 Å². The predicted molar refractivity (Wildman–Crippen MR) is 132 cm³/mol. The van der Waals surface area contributed by atoms with Gasteiger partial charge in [-0.3, -0.25) is 0 Å². The quantitative estimate of drug-likeness (QED) is 0.442. The van der Waals surface area contributed by atoms with Crippen molar-refractivity contribution >= 4 is 19.2 Å². The molecule has 0 aliphatic heterocycles. The van der Waals surface area contributed by atoms with E-state index in [0.29, 0.717) is 8.58 Å². The molecule has 1 atom stereocenters. The minimum absolute atomic E-state index is 0.0245. The molecule has 4 heteroatoms. The summed E-state index contributed by atoms with van der Waals surface area (Å²) >= 11 is 0. The van der Waals surface area contributed by atoms with Crippen LogP contribution in [0.5, 0.6) is 5.75 Å². The summed E-state index contributed by atoms with van der Waals surface area (Å²) in [6, 6.07) is 11.5. The smallest absolute Gasteiger partial charge is 0.188 e. The van der Waals surface area contributed by atoms with Crippen molar-refractivity contribution in [2.75, 3.05) is 28.0 Å². The Kier molecular flexibility index (Phi) is 8.13. The first-order valence-corrected chi connectivity index (χ1v) is 11.6. The maximum Gasteiger partial charge on any atom is 0.188 e. The Balaban J connectivity index is 2.68. The molecule has 0 fully saturated rings. The van der Waals surface area contributed by atoms with E-state index in [1.165, 1.54) is 32.9 Å². The summed E-state index contributed by atoms with van der Waals surface area (Å²) < 4.78 is 11.5. The van der Waals surface area contributed by atoms with E-state index in [0.717, 1.165) is 12.3 Å². The average Bonchev–Trinajstić information content (AvgIpc) is 2.60. The van der Waals surface area contributed by atoms with Crippen LogP contribution >= 0.6 is 8.58 Å². The van der Waals surface area contributed by atoms with Crippen molar-refractivity contribution in [1.82, 2.24) is 4.90 Å². The number of ether oxygens (including phenoxy) is 2. The Labute approximate surface area is 185 Å².